The zero-order valence-corrected chi connectivity index (χ0v) is 17.5. The Bertz CT molecular complexity index is 1160. The van der Waals surface area contributed by atoms with Gasteiger partial charge in [-0.2, -0.15) is 0 Å². The van der Waals surface area contributed by atoms with Crippen molar-refractivity contribution in [1.29, 1.82) is 0 Å². The molecule has 0 atom stereocenters. The van der Waals surface area contributed by atoms with Crippen LogP contribution in [0.3, 0.4) is 0 Å². The number of nitro benzene ring substituents is 1. The van der Waals surface area contributed by atoms with Gasteiger partial charge in [-0.05, 0) is 36.4 Å². The minimum Gasteiger partial charge on any atom is -0.454 e. The van der Waals surface area contributed by atoms with Crippen molar-refractivity contribution >= 4 is 45.0 Å². The van der Waals surface area contributed by atoms with Crippen molar-refractivity contribution in [3.63, 3.8) is 0 Å². The average Bonchev–Trinajstić information content (AvgIpc) is 2.78. The lowest BCUT2D eigenvalue weighted by molar-refractivity contribution is -0.384. The number of nitrogens with zero attached hydrogens (tertiary/aromatic N) is 1. The van der Waals surface area contributed by atoms with Crippen LogP contribution in [0.1, 0.15) is 31.1 Å². The average molecular weight is 483 g/mol. The highest BCUT2D eigenvalue weighted by molar-refractivity contribution is 9.10. The third-order valence-corrected chi connectivity index (χ3v) is 4.74. The minimum atomic E-state index is -0.814. The summed E-state index contributed by atoms with van der Waals surface area (Å²) in [5, 5.41) is 13.5. The van der Waals surface area contributed by atoms with Crippen LogP contribution in [-0.4, -0.2) is 29.2 Å². The number of rotatable bonds is 7. The Kier molecular flexibility index (Phi) is 6.88. The lowest BCUT2D eigenvalue weighted by Gasteiger charge is -2.11. The summed E-state index contributed by atoms with van der Waals surface area (Å²) in [5.74, 6) is -1.82. The molecule has 31 heavy (non-hydrogen) atoms. The molecule has 0 aliphatic carbocycles. The maximum absolute atomic E-state index is 12.5. The predicted octanol–water partition coefficient (Wildman–Crippen LogP) is 4.65. The quantitative estimate of drug-likeness (QED) is 0.226. The molecule has 3 aromatic carbocycles. The topological polar surface area (TPSA) is 116 Å². The van der Waals surface area contributed by atoms with E-state index in [1.807, 2.05) is 0 Å². The first kappa shape index (κ1) is 21.8. The smallest absolute Gasteiger partial charge is 0.340 e. The van der Waals surface area contributed by atoms with Gasteiger partial charge in [0.2, 0.25) is 5.78 Å². The zero-order chi connectivity index (χ0) is 22.4. The molecule has 0 spiro atoms. The van der Waals surface area contributed by atoms with Crippen LogP contribution >= 0.6 is 15.9 Å². The Morgan fingerprint density at radius 1 is 0.935 bits per heavy atom. The zero-order valence-electron chi connectivity index (χ0n) is 15.9. The van der Waals surface area contributed by atoms with Crippen LogP contribution in [0.2, 0.25) is 0 Å². The number of esters is 1. The summed E-state index contributed by atoms with van der Waals surface area (Å²) in [7, 11) is 0. The van der Waals surface area contributed by atoms with E-state index in [4.69, 9.17) is 4.74 Å². The number of nitrogens with one attached hydrogen (secondary N) is 1. The molecule has 0 saturated heterocycles. The van der Waals surface area contributed by atoms with Gasteiger partial charge in [-0.15, -0.1) is 0 Å². The van der Waals surface area contributed by atoms with E-state index in [0.717, 1.165) is 10.5 Å². The molecule has 0 saturated carbocycles. The number of nitro groups is 1. The highest BCUT2D eigenvalue weighted by atomic mass is 79.9. The van der Waals surface area contributed by atoms with Gasteiger partial charge in [0, 0.05) is 27.7 Å². The minimum absolute atomic E-state index is 0.0545. The number of amides is 1. The van der Waals surface area contributed by atoms with E-state index in [1.54, 1.807) is 36.4 Å². The molecular weight excluding hydrogens is 468 g/mol. The van der Waals surface area contributed by atoms with Crippen LogP contribution in [0, 0.1) is 10.1 Å². The molecule has 1 N–H and O–H groups in total. The van der Waals surface area contributed by atoms with Gasteiger partial charge in [-0.25, -0.2) is 4.79 Å². The number of ether oxygens (including phenoxy) is 1. The van der Waals surface area contributed by atoms with Crippen molar-refractivity contribution in [3.05, 3.63) is 104 Å². The number of halogens is 1. The molecule has 8 nitrogen and oxygen atoms in total. The van der Waals surface area contributed by atoms with E-state index >= 15 is 0 Å². The molecule has 3 aromatic rings. The van der Waals surface area contributed by atoms with Gasteiger partial charge in [0.15, 0.2) is 6.61 Å². The van der Waals surface area contributed by atoms with Crippen molar-refractivity contribution in [2.75, 3.05) is 11.9 Å². The first-order valence-corrected chi connectivity index (χ1v) is 9.75. The normalized spacial score (nSPS) is 10.2. The first-order chi connectivity index (χ1) is 14.8. The lowest BCUT2D eigenvalue weighted by Crippen LogP contribution is -2.18. The SMILES string of the molecule is O=C(COC(=O)c1ccccc1NC(=O)c1ccc(Br)cc1)c1cccc([N+](=O)[O-])c1. The van der Waals surface area contributed by atoms with E-state index in [-0.39, 0.29) is 22.5 Å². The molecule has 3 rings (SSSR count). The van der Waals surface area contributed by atoms with Crippen LogP contribution in [-0.2, 0) is 4.74 Å². The third-order valence-electron chi connectivity index (χ3n) is 4.21. The highest BCUT2D eigenvalue weighted by Gasteiger charge is 2.18. The fourth-order valence-electron chi connectivity index (χ4n) is 2.65. The van der Waals surface area contributed by atoms with Crippen molar-refractivity contribution in [2.24, 2.45) is 0 Å². The van der Waals surface area contributed by atoms with E-state index < -0.39 is 29.2 Å². The third kappa shape index (κ3) is 5.61. The summed E-state index contributed by atoms with van der Waals surface area (Å²) in [6.45, 7) is -0.602. The molecular formula is C22H15BrN2O6. The number of hydrogen-bond donors (Lipinski definition) is 1. The molecule has 0 fully saturated rings. The van der Waals surface area contributed by atoms with Crippen molar-refractivity contribution < 1.29 is 24.0 Å². The number of anilines is 1. The standard InChI is InChI=1S/C22H15BrN2O6/c23-16-10-8-14(9-11-16)21(27)24-19-7-2-1-6-18(19)22(28)31-13-20(26)15-4-3-5-17(12-15)25(29)30/h1-12H,13H2,(H,24,27). The molecule has 0 aliphatic heterocycles. The van der Waals surface area contributed by atoms with E-state index in [1.165, 1.54) is 30.3 Å². The number of hydrogen-bond acceptors (Lipinski definition) is 6. The Hall–Kier alpha value is -3.85. The number of para-hydroxylation sites is 1. The van der Waals surface area contributed by atoms with Crippen LogP contribution in [0.4, 0.5) is 11.4 Å². The molecule has 1 amide bonds. The van der Waals surface area contributed by atoms with Gasteiger partial charge in [-0.1, -0.05) is 40.2 Å². The summed E-state index contributed by atoms with van der Waals surface area (Å²) < 4.78 is 5.89. The molecule has 0 aliphatic rings. The van der Waals surface area contributed by atoms with E-state index in [9.17, 15) is 24.5 Å². The maximum Gasteiger partial charge on any atom is 0.340 e. The second-order valence-electron chi connectivity index (χ2n) is 6.31. The molecule has 0 unspecified atom stereocenters. The number of carbonyl (C=O) groups is 3. The van der Waals surface area contributed by atoms with Gasteiger partial charge >= 0.3 is 5.97 Å². The number of non-ortho nitro benzene ring substituents is 1. The molecule has 0 radical (unpaired) electrons. The second-order valence-corrected chi connectivity index (χ2v) is 7.23. The summed E-state index contributed by atoms with van der Waals surface area (Å²) in [6.07, 6.45) is 0. The summed E-state index contributed by atoms with van der Waals surface area (Å²) in [5.41, 5.74) is 0.507. The number of benzene rings is 3. The van der Waals surface area contributed by atoms with Gasteiger partial charge in [0.25, 0.3) is 11.6 Å². The summed E-state index contributed by atoms with van der Waals surface area (Å²) in [4.78, 5) is 47.4. The molecule has 0 bridgehead atoms. The Labute approximate surface area is 185 Å². The first-order valence-electron chi connectivity index (χ1n) is 8.96. The fourth-order valence-corrected chi connectivity index (χ4v) is 2.92. The van der Waals surface area contributed by atoms with Crippen LogP contribution < -0.4 is 5.32 Å². The van der Waals surface area contributed by atoms with Gasteiger partial charge in [0.1, 0.15) is 0 Å². The van der Waals surface area contributed by atoms with Crippen molar-refractivity contribution in [2.45, 2.75) is 0 Å². The van der Waals surface area contributed by atoms with E-state index in [2.05, 4.69) is 21.2 Å². The highest BCUT2D eigenvalue weighted by Crippen LogP contribution is 2.19. The summed E-state index contributed by atoms with van der Waals surface area (Å²) in [6, 6.07) is 18.0. The molecule has 9 heteroatoms. The number of ketones is 1. The second kappa shape index (κ2) is 9.77. The maximum atomic E-state index is 12.5. The monoisotopic (exact) mass is 482 g/mol. The lowest BCUT2D eigenvalue weighted by atomic mass is 10.1. The van der Waals surface area contributed by atoms with Gasteiger partial charge in [-0.3, -0.25) is 19.7 Å². The van der Waals surface area contributed by atoms with Crippen molar-refractivity contribution in [1.82, 2.24) is 0 Å². The van der Waals surface area contributed by atoms with Gasteiger partial charge < -0.3 is 10.1 Å². The van der Waals surface area contributed by atoms with Crippen LogP contribution in [0.25, 0.3) is 0 Å². The molecule has 0 aromatic heterocycles. The van der Waals surface area contributed by atoms with Gasteiger partial charge in [0.05, 0.1) is 16.2 Å². The fraction of sp³-hybridized carbons (Fsp3) is 0.0455. The largest absolute Gasteiger partial charge is 0.454 e. The predicted molar refractivity (Wildman–Crippen MR) is 116 cm³/mol. The summed E-state index contributed by atoms with van der Waals surface area (Å²) >= 11 is 3.30. The van der Waals surface area contributed by atoms with Crippen molar-refractivity contribution in [3.8, 4) is 0 Å². The Morgan fingerprint density at radius 2 is 1.65 bits per heavy atom. The Morgan fingerprint density at radius 3 is 2.35 bits per heavy atom. The molecule has 0 heterocycles. The Balaban J connectivity index is 1.69. The van der Waals surface area contributed by atoms with Crippen LogP contribution in [0.5, 0.6) is 0 Å². The van der Waals surface area contributed by atoms with Crippen LogP contribution in [0.15, 0.2) is 77.3 Å². The van der Waals surface area contributed by atoms with E-state index in [0.29, 0.717) is 5.56 Å². The number of carbonyl (C=O) groups excluding carboxylic acids is 3. The molecule has 156 valence electrons. The number of Topliss-reactive ketones (excluding diaryl/α,β-unsaturated/α-hetero) is 1.